The van der Waals surface area contributed by atoms with Crippen LogP contribution >= 0.6 is 39.9 Å². The topological polar surface area (TPSA) is 58.2 Å². The van der Waals surface area contributed by atoms with E-state index in [2.05, 4.69) is 26.0 Å². The van der Waals surface area contributed by atoms with Gasteiger partial charge in [0.15, 0.2) is 0 Å². The van der Waals surface area contributed by atoms with Gasteiger partial charge in [-0.15, -0.1) is 12.4 Å². The zero-order chi connectivity index (χ0) is 13.1. The molecule has 104 valence electrons. The lowest BCUT2D eigenvalue weighted by atomic mass is 10.4. The van der Waals surface area contributed by atoms with Crippen LogP contribution in [0.4, 0.5) is 0 Å². The molecule has 0 radical (unpaired) electrons. The van der Waals surface area contributed by atoms with Gasteiger partial charge in [0.05, 0.1) is 9.92 Å². The molecule has 0 aliphatic heterocycles. The van der Waals surface area contributed by atoms with Crippen LogP contribution in [0.2, 0.25) is 5.02 Å². The molecule has 0 aromatic heterocycles. The molecule has 0 fully saturated rings. The van der Waals surface area contributed by atoms with Gasteiger partial charge < -0.3 is 5.32 Å². The molecule has 2 N–H and O–H groups in total. The van der Waals surface area contributed by atoms with E-state index in [0.717, 1.165) is 0 Å². The van der Waals surface area contributed by atoms with Gasteiger partial charge >= 0.3 is 0 Å². The highest BCUT2D eigenvalue weighted by Gasteiger charge is 2.15. The van der Waals surface area contributed by atoms with Gasteiger partial charge in [0.2, 0.25) is 10.0 Å². The smallest absolute Gasteiger partial charge is 0.240 e. The largest absolute Gasteiger partial charge is 0.316 e. The third kappa shape index (κ3) is 5.03. The number of hydrogen-bond donors (Lipinski definition) is 2. The molecule has 0 saturated heterocycles. The molecule has 0 aliphatic rings. The Labute approximate surface area is 127 Å². The van der Waals surface area contributed by atoms with Crippen LogP contribution in [0.3, 0.4) is 0 Å². The summed E-state index contributed by atoms with van der Waals surface area (Å²) in [6.45, 7) is 2.21. The Bertz CT molecular complexity index is 497. The Kier molecular flexibility index (Phi) is 7.73. The second-order valence-corrected chi connectivity index (χ2v) is 6.65. The molecular weight excluding hydrogens is 363 g/mol. The highest BCUT2D eigenvalue weighted by atomic mass is 79.9. The zero-order valence-corrected chi connectivity index (χ0v) is 13.9. The van der Waals surface area contributed by atoms with Crippen LogP contribution in [-0.4, -0.2) is 28.1 Å². The van der Waals surface area contributed by atoms with Crippen LogP contribution < -0.4 is 10.0 Å². The van der Waals surface area contributed by atoms with Gasteiger partial charge in [-0.2, -0.15) is 0 Å². The van der Waals surface area contributed by atoms with Crippen molar-refractivity contribution in [2.75, 3.05) is 13.6 Å². The Morgan fingerprint density at radius 1 is 1.44 bits per heavy atom. The van der Waals surface area contributed by atoms with Crippen LogP contribution in [0.5, 0.6) is 0 Å². The molecule has 0 saturated carbocycles. The molecule has 0 amide bonds. The number of nitrogens with one attached hydrogen (secondary N) is 2. The Morgan fingerprint density at radius 3 is 2.56 bits per heavy atom. The highest BCUT2D eigenvalue weighted by Crippen LogP contribution is 2.25. The van der Waals surface area contributed by atoms with Crippen LogP contribution in [0.15, 0.2) is 27.6 Å². The third-order valence-electron chi connectivity index (χ3n) is 2.27. The summed E-state index contributed by atoms with van der Waals surface area (Å²) in [5.41, 5.74) is 0. The Hall–Kier alpha value is 0.150. The van der Waals surface area contributed by atoms with Crippen LogP contribution in [0, 0.1) is 0 Å². The quantitative estimate of drug-likeness (QED) is 0.828. The van der Waals surface area contributed by atoms with Crippen LogP contribution in [0.25, 0.3) is 0 Å². The number of rotatable bonds is 5. The van der Waals surface area contributed by atoms with E-state index in [1.54, 1.807) is 13.1 Å². The Balaban J connectivity index is 0.00000289. The van der Waals surface area contributed by atoms with Crippen LogP contribution in [-0.2, 0) is 10.0 Å². The first-order valence-electron chi connectivity index (χ1n) is 4.99. The number of likely N-dealkylation sites (N-methyl/N-ethyl adjacent to an activating group) is 1. The summed E-state index contributed by atoms with van der Waals surface area (Å²) in [7, 11) is -1.73. The molecule has 1 aromatic rings. The fourth-order valence-corrected chi connectivity index (χ4v) is 2.71. The van der Waals surface area contributed by atoms with Gasteiger partial charge in [-0.05, 0) is 48.1 Å². The number of sulfonamides is 1. The van der Waals surface area contributed by atoms with Crippen molar-refractivity contribution in [3.05, 3.63) is 27.7 Å². The second kappa shape index (κ2) is 7.67. The molecular formula is C10H15BrCl2N2O2S. The monoisotopic (exact) mass is 376 g/mol. The zero-order valence-electron chi connectivity index (χ0n) is 9.91. The number of benzene rings is 1. The van der Waals surface area contributed by atoms with E-state index in [9.17, 15) is 8.42 Å². The van der Waals surface area contributed by atoms with Gasteiger partial charge in [-0.25, -0.2) is 13.1 Å². The second-order valence-electron chi connectivity index (χ2n) is 3.62. The first-order chi connectivity index (χ1) is 7.86. The van der Waals surface area contributed by atoms with Crippen molar-refractivity contribution in [3.8, 4) is 0 Å². The number of halogens is 3. The van der Waals surface area contributed by atoms with Crippen molar-refractivity contribution in [2.45, 2.75) is 17.9 Å². The minimum atomic E-state index is -3.50. The fraction of sp³-hybridized carbons (Fsp3) is 0.400. The average molecular weight is 378 g/mol. The third-order valence-corrected chi connectivity index (χ3v) is 4.93. The predicted octanol–water partition coefficient (Wildman–Crippen LogP) is 2.41. The highest BCUT2D eigenvalue weighted by molar-refractivity contribution is 9.10. The van der Waals surface area contributed by atoms with E-state index in [1.807, 2.05) is 6.92 Å². The minimum Gasteiger partial charge on any atom is -0.316 e. The van der Waals surface area contributed by atoms with E-state index in [0.29, 0.717) is 16.0 Å². The maximum Gasteiger partial charge on any atom is 0.240 e. The summed E-state index contributed by atoms with van der Waals surface area (Å²) in [4.78, 5) is 0.161. The molecule has 18 heavy (non-hydrogen) atoms. The molecule has 1 unspecified atom stereocenters. The van der Waals surface area contributed by atoms with Crippen molar-refractivity contribution in [1.29, 1.82) is 0 Å². The van der Waals surface area contributed by atoms with Crippen molar-refractivity contribution < 1.29 is 8.42 Å². The summed E-state index contributed by atoms with van der Waals surface area (Å²) >= 11 is 9.07. The maximum atomic E-state index is 11.9. The summed E-state index contributed by atoms with van der Waals surface area (Å²) in [5.74, 6) is 0. The van der Waals surface area contributed by atoms with Gasteiger partial charge in [0, 0.05) is 17.1 Å². The molecule has 1 aromatic carbocycles. The SMILES string of the molecule is CNC(C)CNS(=O)(=O)c1ccc(Br)c(Cl)c1.Cl. The van der Waals surface area contributed by atoms with Gasteiger partial charge in [0.25, 0.3) is 0 Å². The molecule has 1 rings (SSSR count). The van der Waals surface area contributed by atoms with Crippen molar-refractivity contribution in [3.63, 3.8) is 0 Å². The van der Waals surface area contributed by atoms with E-state index >= 15 is 0 Å². The Morgan fingerprint density at radius 2 is 2.06 bits per heavy atom. The van der Waals surface area contributed by atoms with Crippen molar-refractivity contribution in [1.82, 2.24) is 10.0 Å². The van der Waals surface area contributed by atoms with E-state index in [-0.39, 0.29) is 23.3 Å². The summed E-state index contributed by atoms with van der Waals surface area (Å²) in [6.07, 6.45) is 0. The molecule has 0 aliphatic carbocycles. The molecule has 4 nitrogen and oxygen atoms in total. The molecule has 0 heterocycles. The molecule has 0 bridgehead atoms. The summed E-state index contributed by atoms with van der Waals surface area (Å²) in [6, 6.07) is 4.59. The molecule has 0 spiro atoms. The lowest BCUT2D eigenvalue weighted by Gasteiger charge is -2.12. The van der Waals surface area contributed by atoms with Crippen molar-refractivity contribution in [2.24, 2.45) is 0 Å². The van der Waals surface area contributed by atoms with Crippen LogP contribution in [0.1, 0.15) is 6.92 Å². The lowest BCUT2D eigenvalue weighted by molar-refractivity contribution is 0.554. The number of hydrogen-bond acceptors (Lipinski definition) is 3. The van der Waals surface area contributed by atoms with E-state index < -0.39 is 10.0 Å². The molecule has 8 heteroatoms. The van der Waals surface area contributed by atoms with E-state index in [1.165, 1.54) is 12.1 Å². The summed E-state index contributed by atoms with van der Waals surface area (Å²) < 4.78 is 27.0. The first-order valence-corrected chi connectivity index (χ1v) is 7.64. The van der Waals surface area contributed by atoms with Gasteiger partial charge in [-0.3, -0.25) is 0 Å². The first kappa shape index (κ1) is 18.1. The van der Waals surface area contributed by atoms with Gasteiger partial charge in [0.1, 0.15) is 0 Å². The van der Waals surface area contributed by atoms with Gasteiger partial charge in [-0.1, -0.05) is 11.6 Å². The predicted molar refractivity (Wildman–Crippen MR) is 80.1 cm³/mol. The lowest BCUT2D eigenvalue weighted by Crippen LogP contribution is -2.37. The standard InChI is InChI=1S/C10H14BrClN2O2S.ClH/c1-7(13-2)6-14-17(15,16)8-3-4-9(11)10(12)5-8;/h3-5,7,13-14H,6H2,1-2H3;1H. The minimum absolute atomic E-state index is 0. The fourth-order valence-electron chi connectivity index (χ4n) is 1.06. The van der Waals surface area contributed by atoms with Crippen molar-refractivity contribution >= 4 is 50.0 Å². The average Bonchev–Trinajstić information content (AvgIpc) is 2.29. The normalized spacial score (nSPS) is 12.9. The molecule has 1 atom stereocenters. The maximum absolute atomic E-state index is 11.9. The van der Waals surface area contributed by atoms with E-state index in [4.69, 9.17) is 11.6 Å². The summed E-state index contributed by atoms with van der Waals surface area (Å²) in [5, 5.41) is 3.32.